The van der Waals surface area contributed by atoms with Crippen LogP contribution in [0.3, 0.4) is 0 Å². The molecule has 2 N–H and O–H groups in total. The van der Waals surface area contributed by atoms with Crippen molar-refractivity contribution in [3.8, 4) is 0 Å². The number of aliphatic hydroxyl groups is 1. The number of hydrogen-bond donors (Lipinski definition) is 2. The minimum Gasteiger partial charge on any atom is -0.372 e. The highest BCUT2D eigenvalue weighted by Gasteiger charge is 2.37. The first-order valence-electron chi connectivity index (χ1n) is 11.6. The summed E-state index contributed by atoms with van der Waals surface area (Å²) in [6, 6.07) is 5.70. The zero-order valence-corrected chi connectivity index (χ0v) is 20.2. The molecule has 0 spiro atoms. The summed E-state index contributed by atoms with van der Waals surface area (Å²) < 4.78 is 66.9. The quantitative estimate of drug-likeness (QED) is 0.632. The lowest BCUT2D eigenvalue weighted by molar-refractivity contribution is -0.138. The van der Waals surface area contributed by atoms with E-state index in [1.165, 1.54) is 10.4 Å². The highest BCUT2D eigenvalue weighted by Crippen LogP contribution is 2.40. The lowest BCUT2D eigenvalue weighted by Gasteiger charge is -2.36. The summed E-state index contributed by atoms with van der Waals surface area (Å²) >= 11 is 0. The molecule has 1 saturated heterocycles. The number of fused-ring (bicyclic) bond motifs is 1. The van der Waals surface area contributed by atoms with Crippen LogP contribution in [-0.2, 0) is 29.2 Å². The molecule has 3 heterocycles. The van der Waals surface area contributed by atoms with Gasteiger partial charge in [-0.1, -0.05) is 32.0 Å². The molecule has 2 aromatic rings. The number of aromatic nitrogens is 2. The Morgan fingerprint density at radius 1 is 1.18 bits per heavy atom. The molecule has 1 aromatic carbocycles. The van der Waals surface area contributed by atoms with Crippen molar-refractivity contribution < 1.29 is 26.7 Å². The molecule has 1 fully saturated rings. The van der Waals surface area contributed by atoms with E-state index in [1.54, 1.807) is 12.1 Å². The maximum absolute atomic E-state index is 13.4. The normalized spacial score (nSPS) is 20.0. The number of piperidine rings is 1. The lowest BCUT2D eigenvalue weighted by Crippen LogP contribution is -2.39. The van der Waals surface area contributed by atoms with E-state index in [-0.39, 0.29) is 24.1 Å². The first kappa shape index (κ1) is 25.2. The Morgan fingerprint density at radius 2 is 1.85 bits per heavy atom. The Kier molecular flexibility index (Phi) is 7.10. The summed E-state index contributed by atoms with van der Waals surface area (Å²) in [5.74, 6) is -0.121. The van der Waals surface area contributed by atoms with Crippen LogP contribution in [0.2, 0.25) is 0 Å². The maximum atomic E-state index is 13.4. The molecule has 0 amide bonds. The molecule has 1 atom stereocenters. The second kappa shape index (κ2) is 9.60. The Labute approximate surface area is 198 Å². The van der Waals surface area contributed by atoms with Crippen molar-refractivity contribution in [3.05, 3.63) is 52.3 Å². The van der Waals surface area contributed by atoms with Crippen LogP contribution < -0.4 is 0 Å². The van der Waals surface area contributed by atoms with E-state index in [0.717, 1.165) is 11.6 Å². The monoisotopic (exact) mass is 500 g/mol. The van der Waals surface area contributed by atoms with Gasteiger partial charge in [0.25, 0.3) is 0 Å². The van der Waals surface area contributed by atoms with Crippen molar-refractivity contribution in [3.63, 3.8) is 0 Å². The molecule has 188 valence electrons. The molecule has 0 aliphatic carbocycles. The molecule has 4 rings (SSSR count). The Bertz CT molecular complexity index is 1110. The highest BCUT2D eigenvalue weighted by molar-refractivity contribution is 7.89. The van der Waals surface area contributed by atoms with Crippen LogP contribution in [0, 0.1) is 5.92 Å². The predicted octanol–water partition coefficient (Wildman–Crippen LogP) is 3.64. The SMILES string of the molecule is CC(C)CS(=O)(=O)N1CCc2c(C(O)N3CCC(c4ccccc4C(F)(F)F)CC3)n[nH]c2C1. The van der Waals surface area contributed by atoms with Gasteiger partial charge in [0.2, 0.25) is 10.0 Å². The molecule has 0 saturated carbocycles. The second-order valence-corrected chi connectivity index (χ2v) is 11.6. The zero-order valence-electron chi connectivity index (χ0n) is 19.3. The number of alkyl halides is 3. The Hall–Kier alpha value is -1.95. The summed E-state index contributed by atoms with van der Waals surface area (Å²) in [5, 5.41) is 18.2. The average Bonchev–Trinajstić information content (AvgIpc) is 3.21. The van der Waals surface area contributed by atoms with Gasteiger partial charge in [-0.25, -0.2) is 8.42 Å². The minimum atomic E-state index is -4.39. The number of benzene rings is 1. The van der Waals surface area contributed by atoms with Crippen LogP contribution in [0.5, 0.6) is 0 Å². The van der Waals surface area contributed by atoms with Gasteiger partial charge < -0.3 is 5.11 Å². The number of rotatable bonds is 6. The van der Waals surface area contributed by atoms with Gasteiger partial charge in [-0.3, -0.25) is 10.00 Å². The standard InChI is InChI=1S/C23H31F3N4O3S/c1-15(2)14-34(32,33)30-12-9-18-20(13-30)27-28-21(18)22(31)29-10-7-16(8-11-29)17-5-3-4-6-19(17)23(24,25)26/h3-6,15-16,22,31H,7-14H2,1-2H3,(H,27,28). The van der Waals surface area contributed by atoms with E-state index < -0.39 is 28.0 Å². The number of hydrogen-bond acceptors (Lipinski definition) is 5. The number of nitrogens with zero attached hydrogens (tertiary/aromatic N) is 3. The molecule has 34 heavy (non-hydrogen) atoms. The van der Waals surface area contributed by atoms with Gasteiger partial charge in [0.15, 0.2) is 6.23 Å². The Morgan fingerprint density at radius 3 is 2.50 bits per heavy atom. The topological polar surface area (TPSA) is 89.5 Å². The molecule has 1 unspecified atom stereocenters. The predicted molar refractivity (Wildman–Crippen MR) is 121 cm³/mol. The van der Waals surface area contributed by atoms with Crippen molar-refractivity contribution in [2.24, 2.45) is 5.92 Å². The van der Waals surface area contributed by atoms with Gasteiger partial charge in [-0.05, 0) is 42.7 Å². The van der Waals surface area contributed by atoms with Crippen molar-refractivity contribution >= 4 is 10.0 Å². The van der Waals surface area contributed by atoms with Gasteiger partial charge in [0.05, 0.1) is 23.6 Å². The van der Waals surface area contributed by atoms with Crippen molar-refractivity contribution in [2.75, 3.05) is 25.4 Å². The van der Waals surface area contributed by atoms with Gasteiger partial charge in [-0.2, -0.15) is 22.6 Å². The van der Waals surface area contributed by atoms with E-state index in [0.29, 0.717) is 55.8 Å². The molecular weight excluding hydrogens is 469 g/mol. The van der Waals surface area contributed by atoms with Crippen LogP contribution in [0.1, 0.15) is 66.9 Å². The fraction of sp³-hybridized carbons (Fsp3) is 0.609. The first-order valence-corrected chi connectivity index (χ1v) is 13.2. The van der Waals surface area contributed by atoms with E-state index in [2.05, 4.69) is 10.2 Å². The fourth-order valence-electron chi connectivity index (χ4n) is 5.04. The van der Waals surface area contributed by atoms with E-state index >= 15 is 0 Å². The van der Waals surface area contributed by atoms with Gasteiger partial charge in [0, 0.05) is 25.2 Å². The summed E-state index contributed by atoms with van der Waals surface area (Å²) in [7, 11) is -3.37. The number of sulfonamides is 1. The largest absolute Gasteiger partial charge is 0.416 e. The van der Waals surface area contributed by atoms with E-state index in [4.69, 9.17) is 0 Å². The Balaban J connectivity index is 1.43. The number of H-pyrrole nitrogens is 1. The van der Waals surface area contributed by atoms with Gasteiger partial charge in [0.1, 0.15) is 5.69 Å². The van der Waals surface area contributed by atoms with Crippen molar-refractivity contribution in [2.45, 2.75) is 58.0 Å². The van der Waals surface area contributed by atoms with Crippen LogP contribution in [0.4, 0.5) is 13.2 Å². The summed E-state index contributed by atoms with van der Waals surface area (Å²) in [5.41, 5.74) is 1.70. The van der Waals surface area contributed by atoms with Crippen LogP contribution >= 0.6 is 0 Å². The van der Waals surface area contributed by atoms with Gasteiger partial charge in [-0.15, -0.1) is 0 Å². The number of nitrogens with one attached hydrogen (secondary N) is 1. The van der Waals surface area contributed by atoms with Crippen LogP contribution in [0.15, 0.2) is 24.3 Å². The van der Waals surface area contributed by atoms with Crippen molar-refractivity contribution in [1.29, 1.82) is 0 Å². The molecule has 2 aliphatic heterocycles. The summed E-state index contributed by atoms with van der Waals surface area (Å²) in [6.45, 7) is 5.13. The number of aromatic amines is 1. The third-order valence-electron chi connectivity index (χ3n) is 6.69. The van der Waals surface area contributed by atoms with Gasteiger partial charge >= 0.3 is 6.18 Å². The first-order chi connectivity index (χ1) is 16.0. The summed E-state index contributed by atoms with van der Waals surface area (Å²) in [4.78, 5) is 1.82. The van der Waals surface area contributed by atoms with Crippen LogP contribution in [0.25, 0.3) is 0 Å². The minimum absolute atomic E-state index is 0.0246. The second-order valence-electron chi connectivity index (χ2n) is 9.59. The van der Waals surface area contributed by atoms with E-state index in [1.807, 2.05) is 18.7 Å². The highest BCUT2D eigenvalue weighted by atomic mass is 32.2. The fourth-order valence-corrected chi connectivity index (χ4v) is 6.78. The molecule has 11 heteroatoms. The van der Waals surface area contributed by atoms with E-state index in [9.17, 15) is 26.7 Å². The molecule has 7 nitrogen and oxygen atoms in total. The molecule has 0 bridgehead atoms. The lowest BCUT2D eigenvalue weighted by atomic mass is 9.86. The molecule has 1 aromatic heterocycles. The smallest absolute Gasteiger partial charge is 0.372 e. The number of aliphatic hydroxyl groups excluding tert-OH is 1. The number of likely N-dealkylation sites (tertiary alicyclic amines) is 1. The summed E-state index contributed by atoms with van der Waals surface area (Å²) in [6.07, 6.45) is -3.93. The number of halogens is 3. The third-order valence-corrected chi connectivity index (χ3v) is 8.88. The third kappa shape index (κ3) is 5.17. The van der Waals surface area contributed by atoms with Crippen molar-refractivity contribution in [1.82, 2.24) is 19.4 Å². The molecular formula is C23H31F3N4O3S. The van der Waals surface area contributed by atoms with Crippen LogP contribution in [-0.4, -0.2) is 58.3 Å². The average molecular weight is 501 g/mol. The molecule has 2 aliphatic rings. The maximum Gasteiger partial charge on any atom is 0.416 e. The zero-order chi connectivity index (χ0) is 24.7. The molecule has 0 radical (unpaired) electrons.